The van der Waals surface area contributed by atoms with Crippen molar-refractivity contribution in [2.45, 2.75) is 6.92 Å². The Morgan fingerprint density at radius 2 is 2.50 bits per heavy atom. The fourth-order valence-corrected chi connectivity index (χ4v) is 3.18. The van der Waals surface area contributed by atoms with Crippen LogP contribution in [0.2, 0.25) is 0 Å². The molecule has 5 heteroatoms. The number of thioether (sulfide) groups is 2. The maximum Gasteiger partial charge on any atom is 0.146 e. The molecule has 14 heavy (non-hydrogen) atoms. The van der Waals surface area contributed by atoms with E-state index in [2.05, 4.69) is 11.1 Å². The van der Waals surface area contributed by atoms with Gasteiger partial charge in [0.25, 0.3) is 0 Å². The Hall–Kier alpha value is -1.12. The van der Waals surface area contributed by atoms with Crippen molar-refractivity contribution in [1.29, 1.82) is 5.26 Å². The van der Waals surface area contributed by atoms with Crippen LogP contribution in [0.25, 0.3) is 5.70 Å². The largest absolute Gasteiger partial charge is 0.296 e. The topological polar surface area (TPSA) is 41.6 Å². The third kappa shape index (κ3) is 1.72. The normalized spacial score (nSPS) is 19.0. The summed E-state index contributed by atoms with van der Waals surface area (Å²) in [7, 11) is 0. The van der Waals surface area contributed by atoms with E-state index in [0.717, 1.165) is 4.24 Å². The van der Waals surface area contributed by atoms with Crippen LogP contribution in [0.15, 0.2) is 33.3 Å². The second-order valence-corrected chi connectivity index (χ2v) is 5.06. The lowest BCUT2D eigenvalue weighted by Crippen LogP contribution is -1.91. The Bertz CT molecular complexity index is 437. The van der Waals surface area contributed by atoms with Crippen molar-refractivity contribution in [3.05, 3.63) is 33.3 Å². The summed E-state index contributed by atoms with van der Waals surface area (Å²) >= 11 is 3.22. The number of hydrogen-bond donors (Lipinski definition) is 0. The first-order valence-electron chi connectivity index (χ1n) is 3.95. The van der Waals surface area contributed by atoms with Crippen LogP contribution in [0.4, 0.5) is 0 Å². The lowest BCUT2D eigenvalue weighted by Gasteiger charge is -2.02. The van der Waals surface area contributed by atoms with Crippen molar-refractivity contribution in [1.82, 2.24) is 9.55 Å². The molecule has 0 fully saturated rings. The molecule has 0 saturated heterocycles. The lowest BCUT2D eigenvalue weighted by atomic mass is 10.5. The minimum Gasteiger partial charge on any atom is -0.296 e. The maximum absolute atomic E-state index is 9.04. The molecule has 0 atom stereocenters. The Morgan fingerprint density at radius 1 is 1.64 bits per heavy atom. The van der Waals surface area contributed by atoms with Crippen LogP contribution in [0.1, 0.15) is 6.92 Å². The van der Waals surface area contributed by atoms with E-state index >= 15 is 0 Å². The van der Waals surface area contributed by atoms with Gasteiger partial charge in [-0.3, -0.25) is 4.57 Å². The predicted molar refractivity (Wildman–Crippen MR) is 60.0 cm³/mol. The summed E-state index contributed by atoms with van der Waals surface area (Å²) in [6.07, 6.45) is 5.09. The van der Waals surface area contributed by atoms with Crippen LogP contribution in [-0.4, -0.2) is 9.55 Å². The zero-order valence-corrected chi connectivity index (χ0v) is 9.10. The summed E-state index contributed by atoms with van der Waals surface area (Å²) in [5.74, 6) is 0. The third-order valence-corrected chi connectivity index (χ3v) is 4.03. The monoisotopic (exact) mass is 221 g/mol. The third-order valence-electron chi connectivity index (χ3n) is 1.65. The molecule has 70 valence electrons. The summed E-state index contributed by atoms with van der Waals surface area (Å²) in [4.78, 5) is 5.14. The molecule has 1 aliphatic heterocycles. The van der Waals surface area contributed by atoms with Crippen molar-refractivity contribution < 1.29 is 0 Å². The van der Waals surface area contributed by atoms with Gasteiger partial charge in [0.15, 0.2) is 0 Å². The van der Waals surface area contributed by atoms with Crippen LogP contribution in [-0.2, 0) is 0 Å². The Balaban J connectivity index is 2.37. The fourth-order valence-electron chi connectivity index (χ4n) is 1.04. The Morgan fingerprint density at radius 3 is 3.00 bits per heavy atom. The summed E-state index contributed by atoms with van der Waals surface area (Å²) in [6.45, 7) is 2.04. The lowest BCUT2D eigenvalue weighted by molar-refractivity contribution is 1.10. The summed E-state index contributed by atoms with van der Waals surface area (Å²) in [5, 5.41) is 11.1. The minimum atomic E-state index is 0.644. The fraction of sp³-hybridized carbons (Fsp3) is 0.111. The van der Waals surface area contributed by atoms with Crippen molar-refractivity contribution in [2.75, 3.05) is 0 Å². The minimum absolute atomic E-state index is 0.644. The van der Waals surface area contributed by atoms with Crippen molar-refractivity contribution >= 4 is 29.2 Å². The summed E-state index contributed by atoms with van der Waals surface area (Å²) < 4.78 is 2.75. The number of nitriles is 1. The SMILES string of the molecule is CC1=CS/C(=C(/C#N)n2ccnc2)S1. The first-order valence-corrected chi connectivity index (χ1v) is 5.65. The van der Waals surface area contributed by atoms with Gasteiger partial charge in [-0.15, -0.1) is 0 Å². The molecule has 3 nitrogen and oxygen atoms in total. The van der Waals surface area contributed by atoms with E-state index in [-0.39, 0.29) is 0 Å². The molecule has 0 saturated carbocycles. The van der Waals surface area contributed by atoms with Crippen molar-refractivity contribution in [3.63, 3.8) is 0 Å². The Kier molecular flexibility index (Phi) is 2.66. The van der Waals surface area contributed by atoms with Gasteiger partial charge in [0.1, 0.15) is 11.8 Å². The number of hydrogen-bond acceptors (Lipinski definition) is 4. The summed E-state index contributed by atoms with van der Waals surface area (Å²) in [6, 6.07) is 2.19. The zero-order valence-electron chi connectivity index (χ0n) is 7.47. The molecule has 0 spiro atoms. The number of allylic oxidation sites excluding steroid dienone is 2. The highest BCUT2D eigenvalue weighted by Gasteiger charge is 2.14. The van der Waals surface area contributed by atoms with Gasteiger partial charge in [0, 0.05) is 12.4 Å². The molecular weight excluding hydrogens is 214 g/mol. The molecule has 2 rings (SSSR count). The van der Waals surface area contributed by atoms with Crippen LogP contribution in [0, 0.1) is 11.3 Å². The standard InChI is InChI=1S/C9H7N3S2/c1-7-5-13-9(14-7)8(4-10)12-3-2-11-6-12/h2-3,5-6H,1H3/b9-8+. The number of imidazole rings is 1. The molecule has 2 heterocycles. The quantitative estimate of drug-likeness (QED) is 0.684. The van der Waals surface area contributed by atoms with E-state index in [4.69, 9.17) is 5.26 Å². The number of aromatic nitrogens is 2. The van der Waals surface area contributed by atoms with Gasteiger partial charge in [-0.2, -0.15) is 5.26 Å². The summed E-state index contributed by atoms with van der Waals surface area (Å²) in [5.41, 5.74) is 0.644. The van der Waals surface area contributed by atoms with Crippen LogP contribution < -0.4 is 0 Å². The van der Waals surface area contributed by atoms with Crippen LogP contribution in [0.5, 0.6) is 0 Å². The van der Waals surface area contributed by atoms with Gasteiger partial charge in [-0.25, -0.2) is 4.98 Å². The molecule has 0 aromatic carbocycles. The van der Waals surface area contributed by atoms with E-state index in [9.17, 15) is 0 Å². The molecule has 0 N–H and O–H groups in total. The molecule has 1 aromatic rings. The molecule has 1 aliphatic rings. The highest BCUT2D eigenvalue weighted by molar-refractivity contribution is 8.28. The number of nitrogens with zero attached hydrogens (tertiary/aromatic N) is 3. The zero-order chi connectivity index (χ0) is 9.97. The van der Waals surface area contributed by atoms with Crippen LogP contribution >= 0.6 is 23.5 Å². The first-order chi connectivity index (χ1) is 6.81. The second-order valence-electron chi connectivity index (χ2n) is 2.67. The second kappa shape index (κ2) is 3.95. The van der Waals surface area contributed by atoms with Gasteiger partial charge in [-0.05, 0) is 17.2 Å². The van der Waals surface area contributed by atoms with E-state index in [1.807, 2.05) is 12.3 Å². The highest BCUT2D eigenvalue weighted by Crippen LogP contribution is 2.45. The van der Waals surface area contributed by atoms with Gasteiger partial charge < -0.3 is 0 Å². The Labute approximate surface area is 90.5 Å². The first kappa shape index (κ1) is 9.44. The molecule has 0 bridgehead atoms. The van der Waals surface area contributed by atoms with E-state index in [1.54, 1.807) is 46.8 Å². The van der Waals surface area contributed by atoms with E-state index < -0.39 is 0 Å². The molecule has 1 aromatic heterocycles. The van der Waals surface area contributed by atoms with Crippen molar-refractivity contribution in [3.8, 4) is 6.07 Å². The van der Waals surface area contributed by atoms with Crippen molar-refractivity contribution in [2.24, 2.45) is 0 Å². The smallest absolute Gasteiger partial charge is 0.146 e. The van der Waals surface area contributed by atoms with Gasteiger partial charge >= 0.3 is 0 Å². The average molecular weight is 221 g/mol. The predicted octanol–water partition coefficient (Wildman–Crippen LogP) is 2.87. The average Bonchev–Trinajstić information content (AvgIpc) is 2.79. The molecule has 0 unspecified atom stereocenters. The molecular formula is C9H7N3S2. The maximum atomic E-state index is 9.04. The highest BCUT2D eigenvalue weighted by atomic mass is 32.2. The van der Waals surface area contributed by atoms with Gasteiger partial charge in [0.2, 0.25) is 0 Å². The molecule has 0 aliphatic carbocycles. The van der Waals surface area contributed by atoms with E-state index in [0.29, 0.717) is 5.70 Å². The van der Waals surface area contributed by atoms with Gasteiger partial charge in [-0.1, -0.05) is 23.5 Å². The van der Waals surface area contributed by atoms with Crippen LogP contribution in [0.3, 0.4) is 0 Å². The number of rotatable bonds is 1. The van der Waals surface area contributed by atoms with E-state index in [1.165, 1.54) is 4.91 Å². The van der Waals surface area contributed by atoms with Gasteiger partial charge in [0.05, 0.1) is 10.6 Å². The molecule has 0 amide bonds. The molecule has 0 radical (unpaired) electrons.